The molecule has 1 heterocycles. The highest BCUT2D eigenvalue weighted by Gasteiger charge is 2.22. The van der Waals surface area contributed by atoms with E-state index in [0.29, 0.717) is 18.1 Å². The van der Waals surface area contributed by atoms with Crippen molar-refractivity contribution in [3.63, 3.8) is 0 Å². The molecule has 0 radical (unpaired) electrons. The first-order valence-electron chi connectivity index (χ1n) is 7.34. The minimum atomic E-state index is -0.762. The Morgan fingerprint density at radius 1 is 1.48 bits per heavy atom. The quantitative estimate of drug-likeness (QED) is 0.469. The summed E-state index contributed by atoms with van der Waals surface area (Å²) >= 11 is 1.53. The second-order valence-corrected chi connectivity index (χ2v) is 6.12. The van der Waals surface area contributed by atoms with Crippen LogP contribution < -0.4 is 4.90 Å². The fourth-order valence-corrected chi connectivity index (χ4v) is 2.99. The third-order valence-corrected chi connectivity index (χ3v) is 4.48. The van der Waals surface area contributed by atoms with Crippen LogP contribution in [0.1, 0.15) is 26.3 Å². The van der Waals surface area contributed by atoms with Gasteiger partial charge in [0.15, 0.2) is 0 Å². The number of ether oxygens (including phenoxy) is 1. The number of hydrogen-bond acceptors (Lipinski definition) is 6. The summed E-state index contributed by atoms with van der Waals surface area (Å²) in [6.07, 6.45) is -0.762. The SMILES string of the molecule is CCOC(=O)C(C)O/N=C(\C)c1ccc2c(c1)N(C)C(=O)CS2. The van der Waals surface area contributed by atoms with Gasteiger partial charge in [-0.15, -0.1) is 11.8 Å². The number of oxime groups is 1. The van der Waals surface area contributed by atoms with Crippen LogP contribution in [0.15, 0.2) is 28.3 Å². The monoisotopic (exact) mass is 336 g/mol. The van der Waals surface area contributed by atoms with E-state index in [4.69, 9.17) is 9.57 Å². The van der Waals surface area contributed by atoms with Gasteiger partial charge in [-0.25, -0.2) is 4.79 Å². The standard InChI is InChI=1S/C16H20N2O4S/c1-5-21-16(20)11(3)22-17-10(2)12-6-7-14-13(8-12)18(4)15(19)9-23-14/h6-8,11H,5,9H2,1-4H3/b17-10+. The van der Waals surface area contributed by atoms with Gasteiger partial charge in [0.25, 0.3) is 0 Å². The lowest BCUT2D eigenvalue weighted by Crippen LogP contribution is -2.31. The molecular weight excluding hydrogens is 316 g/mol. The molecule has 124 valence electrons. The van der Waals surface area contributed by atoms with E-state index in [9.17, 15) is 9.59 Å². The Labute approximate surface area is 139 Å². The molecule has 1 unspecified atom stereocenters. The fraction of sp³-hybridized carbons (Fsp3) is 0.438. The van der Waals surface area contributed by atoms with Crippen LogP contribution in [-0.2, 0) is 19.2 Å². The third-order valence-electron chi connectivity index (χ3n) is 3.43. The van der Waals surface area contributed by atoms with E-state index >= 15 is 0 Å². The summed E-state index contributed by atoms with van der Waals surface area (Å²) < 4.78 is 4.86. The third kappa shape index (κ3) is 4.04. The van der Waals surface area contributed by atoms with Gasteiger partial charge in [-0.2, -0.15) is 0 Å². The van der Waals surface area contributed by atoms with Gasteiger partial charge >= 0.3 is 5.97 Å². The van der Waals surface area contributed by atoms with Crippen LogP contribution in [0.3, 0.4) is 0 Å². The number of hydrogen-bond donors (Lipinski definition) is 0. The summed E-state index contributed by atoms with van der Waals surface area (Å²) in [5.41, 5.74) is 2.32. The molecule has 1 amide bonds. The second kappa shape index (κ2) is 7.50. The molecular formula is C16H20N2O4S. The van der Waals surface area contributed by atoms with Gasteiger partial charge in [0.1, 0.15) is 0 Å². The summed E-state index contributed by atoms with van der Waals surface area (Å²) in [5, 5.41) is 4.00. The second-order valence-electron chi connectivity index (χ2n) is 5.10. The van der Waals surface area contributed by atoms with Crippen molar-refractivity contribution >= 4 is 35.0 Å². The van der Waals surface area contributed by atoms with Crippen molar-refractivity contribution in [3.05, 3.63) is 23.8 Å². The molecule has 1 aliphatic heterocycles. The summed E-state index contributed by atoms with van der Waals surface area (Å²) in [6.45, 7) is 5.42. The number of carbonyl (C=O) groups is 2. The lowest BCUT2D eigenvalue weighted by molar-refractivity contribution is -0.155. The number of amides is 1. The smallest absolute Gasteiger partial charge is 0.349 e. The van der Waals surface area contributed by atoms with E-state index in [1.54, 1.807) is 32.7 Å². The van der Waals surface area contributed by atoms with Crippen LogP contribution in [0.25, 0.3) is 0 Å². The molecule has 0 fully saturated rings. The van der Waals surface area contributed by atoms with Crippen molar-refractivity contribution in [1.82, 2.24) is 0 Å². The molecule has 1 aromatic rings. The Kier molecular flexibility index (Phi) is 5.65. The largest absolute Gasteiger partial charge is 0.463 e. The van der Waals surface area contributed by atoms with Crippen LogP contribution in [0, 0.1) is 0 Å². The molecule has 7 heteroatoms. The minimum absolute atomic E-state index is 0.0708. The first-order valence-corrected chi connectivity index (χ1v) is 8.33. The molecule has 0 saturated heterocycles. The Bertz CT molecular complexity index is 645. The van der Waals surface area contributed by atoms with Crippen LogP contribution in [0.4, 0.5) is 5.69 Å². The molecule has 1 aromatic carbocycles. The number of nitrogens with zero attached hydrogens (tertiary/aromatic N) is 2. The fourth-order valence-electron chi connectivity index (χ4n) is 2.01. The maximum absolute atomic E-state index is 11.8. The minimum Gasteiger partial charge on any atom is -0.463 e. The summed E-state index contributed by atoms with van der Waals surface area (Å²) in [4.78, 5) is 31.2. The van der Waals surface area contributed by atoms with Crippen LogP contribution in [0.2, 0.25) is 0 Å². The number of thioether (sulfide) groups is 1. The molecule has 0 aromatic heterocycles. The zero-order chi connectivity index (χ0) is 17.0. The van der Waals surface area contributed by atoms with Crippen molar-refractivity contribution in [1.29, 1.82) is 0 Å². The summed E-state index contributed by atoms with van der Waals surface area (Å²) in [6, 6.07) is 5.79. The van der Waals surface area contributed by atoms with Gasteiger partial charge in [-0.1, -0.05) is 11.2 Å². The van der Waals surface area contributed by atoms with E-state index in [2.05, 4.69) is 5.16 Å². The zero-order valence-electron chi connectivity index (χ0n) is 13.7. The molecule has 0 spiro atoms. The molecule has 0 N–H and O–H groups in total. The van der Waals surface area contributed by atoms with Crippen LogP contribution in [0.5, 0.6) is 0 Å². The first-order chi connectivity index (χ1) is 10.9. The average molecular weight is 336 g/mol. The number of esters is 1. The summed E-state index contributed by atoms with van der Waals surface area (Å²) in [5.74, 6) is 0.0773. The molecule has 0 saturated carbocycles. The molecule has 0 aliphatic carbocycles. The first kappa shape index (κ1) is 17.3. The van der Waals surface area contributed by atoms with Gasteiger partial charge in [0.2, 0.25) is 12.0 Å². The number of rotatable bonds is 5. The average Bonchev–Trinajstić information content (AvgIpc) is 2.55. The molecule has 2 rings (SSSR count). The van der Waals surface area contributed by atoms with Crippen molar-refractivity contribution < 1.29 is 19.2 Å². The molecule has 23 heavy (non-hydrogen) atoms. The zero-order valence-corrected chi connectivity index (χ0v) is 14.5. The van der Waals surface area contributed by atoms with E-state index in [-0.39, 0.29) is 5.91 Å². The Hall–Kier alpha value is -2.02. The van der Waals surface area contributed by atoms with Crippen LogP contribution >= 0.6 is 11.8 Å². The van der Waals surface area contributed by atoms with E-state index in [0.717, 1.165) is 16.1 Å². The van der Waals surface area contributed by atoms with Crippen molar-refractivity contribution in [2.75, 3.05) is 24.3 Å². The molecule has 1 aliphatic rings. The van der Waals surface area contributed by atoms with Crippen molar-refractivity contribution in [3.8, 4) is 0 Å². The highest BCUT2D eigenvalue weighted by Crippen LogP contribution is 2.35. The van der Waals surface area contributed by atoms with Gasteiger partial charge in [-0.05, 0) is 32.9 Å². The number of fused-ring (bicyclic) bond motifs is 1. The Morgan fingerprint density at radius 2 is 2.22 bits per heavy atom. The number of benzene rings is 1. The predicted octanol–water partition coefficient (Wildman–Crippen LogP) is 2.45. The Morgan fingerprint density at radius 3 is 2.91 bits per heavy atom. The highest BCUT2D eigenvalue weighted by molar-refractivity contribution is 8.00. The number of carbonyl (C=O) groups excluding carboxylic acids is 2. The van der Waals surface area contributed by atoms with Gasteiger partial charge < -0.3 is 14.5 Å². The summed E-state index contributed by atoms with van der Waals surface area (Å²) in [7, 11) is 1.76. The number of anilines is 1. The van der Waals surface area contributed by atoms with E-state index in [1.165, 1.54) is 11.8 Å². The lowest BCUT2D eigenvalue weighted by atomic mass is 10.1. The molecule has 1 atom stereocenters. The van der Waals surface area contributed by atoms with Crippen molar-refractivity contribution in [2.24, 2.45) is 5.16 Å². The highest BCUT2D eigenvalue weighted by atomic mass is 32.2. The molecule has 6 nitrogen and oxygen atoms in total. The topological polar surface area (TPSA) is 68.2 Å². The predicted molar refractivity (Wildman–Crippen MR) is 90.0 cm³/mol. The Balaban J connectivity index is 2.14. The molecule has 0 bridgehead atoms. The van der Waals surface area contributed by atoms with Crippen molar-refractivity contribution in [2.45, 2.75) is 31.8 Å². The van der Waals surface area contributed by atoms with E-state index in [1.807, 2.05) is 18.2 Å². The van der Waals surface area contributed by atoms with Crippen LogP contribution in [-0.4, -0.2) is 43.1 Å². The van der Waals surface area contributed by atoms with Gasteiger partial charge in [-0.3, -0.25) is 4.79 Å². The van der Waals surface area contributed by atoms with Gasteiger partial charge in [0, 0.05) is 17.5 Å². The normalized spacial score (nSPS) is 15.9. The van der Waals surface area contributed by atoms with E-state index < -0.39 is 12.1 Å². The van der Waals surface area contributed by atoms with Gasteiger partial charge in [0.05, 0.1) is 23.8 Å². The maximum Gasteiger partial charge on any atom is 0.349 e. The maximum atomic E-state index is 11.8. The lowest BCUT2D eigenvalue weighted by Gasteiger charge is -2.25.